The summed E-state index contributed by atoms with van der Waals surface area (Å²) in [6.45, 7) is 5.76. The Balaban J connectivity index is 2.61. The Kier molecular flexibility index (Phi) is 6.32. The van der Waals surface area contributed by atoms with Crippen LogP contribution in [0.25, 0.3) is 0 Å². The second-order valence-electron chi connectivity index (χ2n) is 6.79. The number of methoxy groups -OCH3 is 1. The highest BCUT2D eigenvalue weighted by Crippen LogP contribution is 2.35. The van der Waals surface area contributed by atoms with E-state index in [4.69, 9.17) is 4.74 Å². The summed E-state index contributed by atoms with van der Waals surface area (Å²) >= 11 is 0. The van der Waals surface area contributed by atoms with E-state index in [1.165, 1.54) is 11.8 Å². The highest BCUT2D eigenvalue weighted by atomic mass is 19.1. The van der Waals surface area contributed by atoms with Gasteiger partial charge >= 0.3 is 17.7 Å². The Labute approximate surface area is 160 Å². The van der Waals surface area contributed by atoms with Gasteiger partial charge in [-0.1, -0.05) is 13.8 Å². The molecule has 152 valence electrons. The summed E-state index contributed by atoms with van der Waals surface area (Å²) in [5, 5.41) is 13.5. The van der Waals surface area contributed by atoms with E-state index in [-0.39, 0.29) is 17.2 Å². The maximum atomic E-state index is 14.4. The molecule has 10 heteroatoms. The Hall–Kier alpha value is -3.04. The Morgan fingerprint density at radius 3 is 2.54 bits per heavy atom. The number of carbonyl (C=O) groups is 2. The smallest absolute Gasteiger partial charge is 0.337 e. The van der Waals surface area contributed by atoms with E-state index in [2.05, 4.69) is 5.32 Å². The van der Waals surface area contributed by atoms with Gasteiger partial charge in [0.15, 0.2) is 0 Å². The fourth-order valence-electron chi connectivity index (χ4n) is 2.96. The molecule has 0 saturated carbocycles. The molecule has 2 rings (SSSR count). The summed E-state index contributed by atoms with van der Waals surface area (Å²) in [5.41, 5.74) is -1.20. The third-order valence-electron chi connectivity index (χ3n) is 4.51. The number of nitrogens with zero attached hydrogens (tertiary/aromatic N) is 2. The van der Waals surface area contributed by atoms with Crippen LogP contribution in [0.1, 0.15) is 38.8 Å². The molecule has 0 spiro atoms. The standard InChI is InChI=1S/C18H21F2N3O5/c1-9(2)5-6-22-10(3)15(17(24)28-4)16(21-18(22)25)11-7-14(23(26)27)13(20)8-12(11)19/h7-9,16H,5-6H2,1-4H3,(H,21,25). The van der Waals surface area contributed by atoms with Crippen LogP contribution >= 0.6 is 0 Å². The minimum atomic E-state index is -1.35. The van der Waals surface area contributed by atoms with Crippen LogP contribution in [0.4, 0.5) is 19.3 Å². The van der Waals surface area contributed by atoms with E-state index in [1.54, 1.807) is 0 Å². The van der Waals surface area contributed by atoms with Gasteiger partial charge in [0.2, 0.25) is 5.82 Å². The number of hydrogen-bond donors (Lipinski definition) is 1. The second kappa shape index (κ2) is 8.32. The summed E-state index contributed by atoms with van der Waals surface area (Å²) in [7, 11) is 1.12. The molecule has 2 amide bonds. The van der Waals surface area contributed by atoms with E-state index >= 15 is 0 Å². The molecule has 1 atom stereocenters. The maximum Gasteiger partial charge on any atom is 0.337 e. The van der Waals surface area contributed by atoms with Gasteiger partial charge in [0.1, 0.15) is 5.82 Å². The van der Waals surface area contributed by atoms with Crippen LogP contribution in [0.5, 0.6) is 0 Å². The van der Waals surface area contributed by atoms with Crippen LogP contribution in [0.3, 0.4) is 0 Å². The Morgan fingerprint density at radius 2 is 2.00 bits per heavy atom. The van der Waals surface area contributed by atoms with Gasteiger partial charge < -0.3 is 10.1 Å². The lowest BCUT2D eigenvalue weighted by molar-refractivity contribution is -0.387. The first-order valence-electron chi connectivity index (χ1n) is 8.58. The monoisotopic (exact) mass is 397 g/mol. The second-order valence-corrected chi connectivity index (χ2v) is 6.79. The lowest BCUT2D eigenvalue weighted by Crippen LogP contribution is -2.48. The molecule has 28 heavy (non-hydrogen) atoms. The molecule has 1 unspecified atom stereocenters. The lowest BCUT2D eigenvalue weighted by Gasteiger charge is -2.35. The molecular weight excluding hydrogens is 376 g/mol. The zero-order chi connectivity index (χ0) is 21.2. The minimum Gasteiger partial charge on any atom is -0.466 e. The zero-order valence-corrected chi connectivity index (χ0v) is 15.9. The van der Waals surface area contributed by atoms with Crippen molar-refractivity contribution in [3.05, 3.63) is 50.7 Å². The van der Waals surface area contributed by atoms with E-state index in [0.29, 0.717) is 25.1 Å². The van der Waals surface area contributed by atoms with Gasteiger partial charge in [-0.3, -0.25) is 15.0 Å². The third-order valence-corrected chi connectivity index (χ3v) is 4.51. The molecule has 1 aromatic carbocycles. The van der Waals surface area contributed by atoms with Gasteiger partial charge in [0.25, 0.3) is 0 Å². The average molecular weight is 397 g/mol. The van der Waals surface area contributed by atoms with Crippen molar-refractivity contribution < 1.29 is 28.0 Å². The van der Waals surface area contributed by atoms with Crippen molar-refractivity contribution in [2.24, 2.45) is 5.92 Å². The Bertz CT molecular complexity index is 854. The quantitative estimate of drug-likeness (QED) is 0.450. The van der Waals surface area contributed by atoms with Gasteiger partial charge in [-0.15, -0.1) is 0 Å². The molecule has 0 aromatic heterocycles. The predicted molar refractivity (Wildman–Crippen MR) is 95.2 cm³/mol. The van der Waals surface area contributed by atoms with Crippen molar-refractivity contribution in [2.45, 2.75) is 33.2 Å². The number of amides is 2. The molecule has 1 aromatic rings. The first-order valence-corrected chi connectivity index (χ1v) is 8.58. The van der Waals surface area contributed by atoms with Gasteiger partial charge in [0, 0.05) is 29.9 Å². The van der Waals surface area contributed by atoms with E-state index in [9.17, 15) is 28.5 Å². The topological polar surface area (TPSA) is 102 Å². The van der Waals surface area contributed by atoms with Crippen LogP contribution in [-0.2, 0) is 9.53 Å². The van der Waals surface area contributed by atoms with Crippen molar-refractivity contribution in [3.63, 3.8) is 0 Å². The number of nitrogens with one attached hydrogen (secondary N) is 1. The number of rotatable bonds is 6. The SMILES string of the molecule is COC(=O)C1=C(C)N(CCC(C)C)C(=O)NC1c1cc([N+](=O)[O-])c(F)cc1F. The normalized spacial score (nSPS) is 17.0. The first kappa shape index (κ1) is 21.3. The van der Waals surface area contributed by atoms with Crippen LogP contribution in [0, 0.1) is 27.7 Å². The Morgan fingerprint density at radius 1 is 1.36 bits per heavy atom. The number of nitro benzene ring substituents is 1. The van der Waals surface area contributed by atoms with E-state index in [0.717, 1.165) is 7.11 Å². The average Bonchev–Trinajstić information content (AvgIpc) is 2.60. The molecule has 0 fully saturated rings. The van der Waals surface area contributed by atoms with Crippen LogP contribution in [0.2, 0.25) is 0 Å². The van der Waals surface area contributed by atoms with Gasteiger partial charge in [-0.25, -0.2) is 14.0 Å². The fraction of sp³-hybridized carbons (Fsp3) is 0.444. The zero-order valence-electron chi connectivity index (χ0n) is 15.9. The minimum absolute atomic E-state index is 0.0781. The summed E-state index contributed by atoms with van der Waals surface area (Å²) in [5.74, 6) is -3.02. The van der Waals surface area contributed by atoms with Gasteiger partial charge in [-0.2, -0.15) is 4.39 Å². The summed E-state index contributed by atoms with van der Waals surface area (Å²) in [6.07, 6.45) is 0.653. The van der Waals surface area contributed by atoms with Crippen LogP contribution < -0.4 is 5.32 Å². The van der Waals surface area contributed by atoms with Crippen LogP contribution in [0.15, 0.2) is 23.4 Å². The third kappa shape index (κ3) is 4.10. The number of ether oxygens (including phenoxy) is 1. The molecule has 0 bridgehead atoms. The molecule has 1 heterocycles. The van der Waals surface area contributed by atoms with Crippen LogP contribution in [-0.4, -0.2) is 35.5 Å². The number of halogens is 2. The fourth-order valence-corrected chi connectivity index (χ4v) is 2.96. The van der Waals surface area contributed by atoms with Crippen molar-refractivity contribution in [1.82, 2.24) is 10.2 Å². The molecular formula is C18H21F2N3O5. The van der Waals surface area contributed by atoms with Gasteiger partial charge in [-0.05, 0) is 19.3 Å². The largest absolute Gasteiger partial charge is 0.466 e. The molecule has 0 saturated heterocycles. The van der Waals surface area contributed by atoms with Gasteiger partial charge in [0.05, 0.1) is 23.6 Å². The van der Waals surface area contributed by atoms with Crippen molar-refractivity contribution >= 4 is 17.7 Å². The first-order chi connectivity index (χ1) is 13.1. The summed E-state index contributed by atoms with van der Waals surface area (Å²) < 4.78 is 32.9. The van der Waals surface area contributed by atoms with E-state index in [1.807, 2.05) is 13.8 Å². The molecule has 1 aliphatic rings. The number of urea groups is 1. The number of hydrogen-bond acceptors (Lipinski definition) is 5. The number of esters is 1. The highest BCUT2D eigenvalue weighted by Gasteiger charge is 2.38. The predicted octanol–water partition coefficient (Wildman–Crippen LogP) is 3.43. The lowest BCUT2D eigenvalue weighted by atomic mass is 9.93. The molecule has 8 nitrogen and oxygen atoms in total. The van der Waals surface area contributed by atoms with Crippen molar-refractivity contribution in [2.75, 3.05) is 13.7 Å². The summed E-state index contributed by atoms with van der Waals surface area (Å²) in [4.78, 5) is 36.3. The molecule has 1 aliphatic heterocycles. The van der Waals surface area contributed by atoms with Crippen molar-refractivity contribution in [1.29, 1.82) is 0 Å². The number of carbonyl (C=O) groups excluding carboxylic acids is 2. The summed E-state index contributed by atoms with van der Waals surface area (Å²) in [6, 6.07) is -0.915. The van der Waals surface area contributed by atoms with Crippen molar-refractivity contribution in [3.8, 4) is 0 Å². The molecule has 1 N–H and O–H groups in total. The highest BCUT2D eigenvalue weighted by molar-refractivity contribution is 5.95. The maximum absolute atomic E-state index is 14.4. The molecule has 0 aliphatic carbocycles. The number of nitro groups is 1. The molecule has 0 radical (unpaired) electrons. The van der Waals surface area contributed by atoms with E-state index < -0.39 is 45.9 Å². The number of benzene rings is 1. The number of allylic oxidation sites excluding steroid dienone is 1.